The maximum Gasteiger partial charge on any atom is 0.189 e. The van der Waals surface area contributed by atoms with Crippen LogP contribution in [0.15, 0.2) is 101 Å². The Labute approximate surface area is 182 Å². The summed E-state index contributed by atoms with van der Waals surface area (Å²) >= 11 is 4.76. The number of aromatic nitrogens is 2. The van der Waals surface area contributed by atoms with Gasteiger partial charge in [-0.3, -0.25) is 4.79 Å². The number of halogens is 1. The second kappa shape index (κ2) is 9.16. The van der Waals surface area contributed by atoms with Gasteiger partial charge >= 0.3 is 0 Å². The lowest BCUT2D eigenvalue weighted by atomic mass is 10.1. The summed E-state index contributed by atoms with van der Waals surface area (Å²) < 4.78 is 0.952. The Kier molecular flexibility index (Phi) is 6.17. The van der Waals surface area contributed by atoms with Crippen LogP contribution in [0.25, 0.3) is 22.5 Å². The lowest BCUT2D eigenvalue weighted by molar-refractivity contribution is 0.102. The first kappa shape index (κ1) is 19.6. The molecule has 0 spiro atoms. The first-order valence-corrected chi connectivity index (χ1v) is 10.9. The second-order valence-electron chi connectivity index (χ2n) is 6.37. The van der Waals surface area contributed by atoms with Gasteiger partial charge in [-0.05, 0) is 18.2 Å². The fourth-order valence-corrected chi connectivity index (χ4v) is 3.87. The molecule has 5 heteroatoms. The van der Waals surface area contributed by atoms with E-state index < -0.39 is 0 Å². The van der Waals surface area contributed by atoms with Crippen LogP contribution in [0.3, 0.4) is 0 Å². The highest BCUT2D eigenvalue weighted by atomic mass is 79.9. The van der Waals surface area contributed by atoms with Gasteiger partial charge in [0.05, 0.1) is 17.1 Å². The topological polar surface area (TPSA) is 42.9 Å². The SMILES string of the molecule is O=C(CSc1nc(-c2ccccc2)cc(-c2ccccc2)n1)c1ccc(Br)cc1. The molecule has 0 atom stereocenters. The van der Waals surface area contributed by atoms with Gasteiger partial charge in [0, 0.05) is 21.2 Å². The van der Waals surface area contributed by atoms with Crippen molar-refractivity contribution in [1.29, 1.82) is 0 Å². The van der Waals surface area contributed by atoms with Gasteiger partial charge in [0.15, 0.2) is 10.9 Å². The third-order valence-corrected chi connectivity index (χ3v) is 5.72. The molecule has 0 unspecified atom stereocenters. The third kappa shape index (κ3) is 5.00. The predicted octanol–water partition coefficient (Wildman–Crippen LogP) is 6.55. The molecule has 0 saturated carbocycles. The average Bonchev–Trinajstić information content (AvgIpc) is 2.79. The fraction of sp³-hybridized carbons (Fsp3) is 0.0417. The number of benzene rings is 3. The van der Waals surface area contributed by atoms with Gasteiger partial charge in [-0.2, -0.15) is 0 Å². The van der Waals surface area contributed by atoms with Gasteiger partial charge < -0.3 is 0 Å². The van der Waals surface area contributed by atoms with Crippen LogP contribution >= 0.6 is 27.7 Å². The Bertz CT molecular complexity index is 1060. The maximum atomic E-state index is 12.5. The van der Waals surface area contributed by atoms with E-state index in [0.29, 0.717) is 10.7 Å². The highest BCUT2D eigenvalue weighted by Crippen LogP contribution is 2.27. The summed E-state index contributed by atoms with van der Waals surface area (Å²) in [5.41, 5.74) is 4.42. The van der Waals surface area contributed by atoms with Crippen LogP contribution in [-0.4, -0.2) is 21.5 Å². The van der Waals surface area contributed by atoms with Gasteiger partial charge in [0.2, 0.25) is 0 Å². The van der Waals surface area contributed by atoms with Crippen molar-refractivity contribution in [3.63, 3.8) is 0 Å². The van der Waals surface area contributed by atoms with E-state index in [2.05, 4.69) is 15.9 Å². The molecule has 0 aliphatic carbocycles. The summed E-state index contributed by atoms with van der Waals surface area (Å²) in [7, 11) is 0. The van der Waals surface area contributed by atoms with Gasteiger partial charge in [-0.1, -0.05) is 100 Å². The minimum absolute atomic E-state index is 0.0532. The van der Waals surface area contributed by atoms with E-state index >= 15 is 0 Å². The lowest BCUT2D eigenvalue weighted by Gasteiger charge is -2.08. The van der Waals surface area contributed by atoms with Crippen molar-refractivity contribution in [1.82, 2.24) is 9.97 Å². The number of carbonyl (C=O) groups excluding carboxylic acids is 1. The maximum absolute atomic E-state index is 12.5. The first-order valence-electron chi connectivity index (χ1n) is 9.10. The van der Waals surface area contributed by atoms with Crippen LogP contribution < -0.4 is 0 Å². The number of Topliss-reactive ketones (excluding diaryl/α,β-unsaturated/α-hetero) is 1. The van der Waals surface area contributed by atoms with Crippen LogP contribution in [-0.2, 0) is 0 Å². The minimum Gasteiger partial charge on any atom is -0.293 e. The zero-order valence-corrected chi connectivity index (χ0v) is 17.9. The highest BCUT2D eigenvalue weighted by Gasteiger charge is 2.12. The third-order valence-electron chi connectivity index (χ3n) is 4.34. The molecule has 4 aromatic rings. The Morgan fingerprint density at radius 3 is 1.79 bits per heavy atom. The van der Waals surface area contributed by atoms with E-state index in [4.69, 9.17) is 9.97 Å². The van der Waals surface area contributed by atoms with Crippen molar-refractivity contribution in [2.45, 2.75) is 5.16 Å². The standard InChI is InChI=1S/C24H17BrN2OS/c25-20-13-11-19(12-14-20)23(28)16-29-24-26-21(17-7-3-1-4-8-17)15-22(27-24)18-9-5-2-6-10-18/h1-15H,16H2. The van der Waals surface area contributed by atoms with Crippen LogP contribution in [0.2, 0.25) is 0 Å². The Hall–Kier alpha value is -2.76. The van der Waals surface area contributed by atoms with Crippen LogP contribution in [0.4, 0.5) is 0 Å². The van der Waals surface area contributed by atoms with Crippen molar-refractivity contribution >= 4 is 33.5 Å². The van der Waals surface area contributed by atoms with Crippen molar-refractivity contribution < 1.29 is 4.79 Å². The van der Waals surface area contributed by atoms with Crippen LogP contribution in [0, 0.1) is 0 Å². The number of hydrogen-bond donors (Lipinski definition) is 0. The lowest BCUT2D eigenvalue weighted by Crippen LogP contribution is -2.03. The van der Waals surface area contributed by atoms with Crippen LogP contribution in [0.1, 0.15) is 10.4 Å². The molecule has 0 aliphatic heterocycles. The number of thioether (sulfide) groups is 1. The summed E-state index contributed by atoms with van der Waals surface area (Å²) in [6.45, 7) is 0. The number of nitrogens with zero attached hydrogens (tertiary/aromatic N) is 2. The quantitative estimate of drug-likeness (QED) is 0.186. The van der Waals surface area contributed by atoms with Crippen molar-refractivity contribution in [2.75, 3.05) is 5.75 Å². The van der Waals surface area contributed by atoms with Crippen LogP contribution in [0.5, 0.6) is 0 Å². The van der Waals surface area contributed by atoms with E-state index in [1.807, 2.05) is 91.0 Å². The van der Waals surface area contributed by atoms with Gasteiger partial charge in [-0.25, -0.2) is 9.97 Å². The summed E-state index contributed by atoms with van der Waals surface area (Å²) in [4.78, 5) is 21.9. The summed E-state index contributed by atoms with van der Waals surface area (Å²) in [6.07, 6.45) is 0. The van der Waals surface area contributed by atoms with Crippen molar-refractivity contribution in [3.8, 4) is 22.5 Å². The second-order valence-corrected chi connectivity index (χ2v) is 8.23. The van der Waals surface area contributed by atoms with Gasteiger partial charge in [0.1, 0.15) is 0 Å². The van der Waals surface area contributed by atoms with E-state index in [0.717, 1.165) is 27.0 Å². The predicted molar refractivity (Wildman–Crippen MR) is 122 cm³/mol. The molecule has 1 aromatic heterocycles. The molecule has 0 radical (unpaired) electrons. The molecule has 0 bridgehead atoms. The highest BCUT2D eigenvalue weighted by molar-refractivity contribution is 9.10. The largest absolute Gasteiger partial charge is 0.293 e. The number of carbonyl (C=O) groups is 1. The van der Waals surface area contributed by atoms with Crippen molar-refractivity contribution in [2.24, 2.45) is 0 Å². The molecule has 0 N–H and O–H groups in total. The molecule has 0 fully saturated rings. The van der Waals surface area contributed by atoms with E-state index in [1.165, 1.54) is 11.8 Å². The van der Waals surface area contributed by atoms with Gasteiger partial charge in [-0.15, -0.1) is 0 Å². The summed E-state index contributed by atoms with van der Waals surface area (Å²) in [5, 5.41) is 0.593. The number of hydrogen-bond acceptors (Lipinski definition) is 4. The normalized spacial score (nSPS) is 10.7. The number of ketones is 1. The number of rotatable bonds is 6. The Balaban J connectivity index is 1.63. The van der Waals surface area contributed by atoms with Gasteiger partial charge in [0.25, 0.3) is 0 Å². The fourth-order valence-electron chi connectivity index (χ4n) is 2.85. The van der Waals surface area contributed by atoms with Crippen molar-refractivity contribution in [3.05, 3.63) is 101 Å². The molecular formula is C24H17BrN2OS. The van der Waals surface area contributed by atoms with E-state index in [9.17, 15) is 4.79 Å². The van der Waals surface area contributed by atoms with E-state index in [1.54, 1.807) is 0 Å². The molecule has 3 nitrogen and oxygen atoms in total. The van der Waals surface area contributed by atoms with E-state index in [-0.39, 0.29) is 11.5 Å². The molecule has 3 aromatic carbocycles. The summed E-state index contributed by atoms with van der Waals surface area (Å²) in [6, 6.07) is 29.4. The Morgan fingerprint density at radius 2 is 1.28 bits per heavy atom. The average molecular weight is 461 g/mol. The minimum atomic E-state index is 0.0532. The smallest absolute Gasteiger partial charge is 0.189 e. The molecule has 0 amide bonds. The molecule has 0 aliphatic rings. The summed E-state index contributed by atoms with van der Waals surface area (Å²) in [5.74, 6) is 0.339. The zero-order chi connectivity index (χ0) is 20.1. The molecule has 142 valence electrons. The first-order chi connectivity index (χ1) is 14.2. The molecule has 0 saturated heterocycles. The zero-order valence-electron chi connectivity index (χ0n) is 15.5. The molecular weight excluding hydrogens is 444 g/mol. The molecule has 29 heavy (non-hydrogen) atoms. The monoisotopic (exact) mass is 460 g/mol. The molecule has 1 heterocycles. The Morgan fingerprint density at radius 1 is 0.759 bits per heavy atom. The molecule has 4 rings (SSSR count).